The van der Waals surface area contributed by atoms with Gasteiger partial charge in [0.2, 0.25) is 5.91 Å². The fourth-order valence-corrected chi connectivity index (χ4v) is 2.70. The maximum Gasteiger partial charge on any atom is 0.310 e. The zero-order chi connectivity index (χ0) is 15.2. The number of hydrogen-bond donors (Lipinski definition) is 0. The molecule has 0 spiro atoms. The molecular weight excluding hydrogens is 338 g/mol. The topological polar surface area (TPSA) is 55.8 Å². The van der Waals surface area contributed by atoms with E-state index in [4.69, 9.17) is 9.47 Å². The number of nitrogens with zero attached hydrogens (tertiary/aromatic N) is 1. The molecule has 1 saturated heterocycles. The summed E-state index contributed by atoms with van der Waals surface area (Å²) in [5, 5.41) is 0. The van der Waals surface area contributed by atoms with Crippen LogP contribution in [0, 0.1) is 5.92 Å². The molecule has 1 aromatic rings. The molecule has 0 aromatic heterocycles. The second-order valence-electron chi connectivity index (χ2n) is 4.90. The largest absolute Gasteiger partial charge is 0.493 e. The van der Waals surface area contributed by atoms with Gasteiger partial charge in [0.05, 0.1) is 26.1 Å². The van der Waals surface area contributed by atoms with Crippen LogP contribution in [0.5, 0.6) is 5.75 Å². The zero-order valence-electron chi connectivity index (χ0n) is 11.9. The monoisotopic (exact) mass is 355 g/mol. The molecule has 21 heavy (non-hydrogen) atoms. The number of likely N-dealkylation sites (tertiary alicyclic amines) is 1. The first-order valence-electron chi connectivity index (χ1n) is 6.84. The molecule has 114 valence electrons. The Morgan fingerprint density at radius 3 is 2.95 bits per heavy atom. The van der Waals surface area contributed by atoms with Crippen molar-refractivity contribution in [1.29, 1.82) is 0 Å². The van der Waals surface area contributed by atoms with Crippen molar-refractivity contribution in [1.82, 2.24) is 4.90 Å². The van der Waals surface area contributed by atoms with Gasteiger partial charge in [-0.1, -0.05) is 22.0 Å². The Labute approximate surface area is 132 Å². The number of esters is 1. The van der Waals surface area contributed by atoms with Gasteiger partial charge in [0, 0.05) is 17.6 Å². The molecule has 2 rings (SSSR count). The number of ether oxygens (including phenoxy) is 2. The smallest absolute Gasteiger partial charge is 0.310 e. The van der Waals surface area contributed by atoms with Gasteiger partial charge in [-0.2, -0.15) is 0 Å². The van der Waals surface area contributed by atoms with Gasteiger partial charge in [-0.25, -0.2) is 0 Å². The molecule has 1 amide bonds. The van der Waals surface area contributed by atoms with Crippen LogP contribution in [0.2, 0.25) is 0 Å². The van der Waals surface area contributed by atoms with E-state index in [0.29, 0.717) is 32.5 Å². The van der Waals surface area contributed by atoms with Crippen LogP contribution >= 0.6 is 15.9 Å². The summed E-state index contributed by atoms with van der Waals surface area (Å²) < 4.78 is 11.2. The average Bonchev–Trinajstić information content (AvgIpc) is 2.96. The van der Waals surface area contributed by atoms with Gasteiger partial charge >= 0.3 is 5.97 Å². The van der Waals surface area contributed by atoms with Crippen molar-refractivity contribution in [3.8, 4) is 5.75 Å². The number of methoxy groups -OCH3 is 1. The van der Waals surface area contributed by atoms with Gasteiger partial charge in [0.25, 0.3) is 0 Å². The van der Waals surface area contributed by atoms with Gasteiger partial charge in [-0.05, 0) is 24.6 Å². The average molecular weight is 356 g/mol. The number of halogens is 1. The van der Waals surface area contributed by atoms with Crippen LogP contribution in [-0.2, 0) is 14.3 Å². The lowest BCUT2D eigenvalue weighted by molar-refractivity contribution is -0.145. The van der Waals surface area contributed by atoms with Gasteiger partial charge in [0.15, 0.2) is 0 Å². The van der Waals surface area contributed by atoms with E-state index in [1.54, 1.807) is 4.90 Å². The second-order valence-corrected chi connectivity index (χ2v) is 5.82. The molecule has 1 atom stereocenters. The van der Waals surface area contributed by atoms with Crippen LogP contribution in [0.1, 0.15) is 12.8 Å². The zero-order valence-corrected chi connectivity index (χ0v) is 13.5. The molecule has 5 nitrogen and oxygen atoms in total. The standard InChI is InChI=1S/C15H18BrNO4/c1-20-15(19)11-5-7-17(10-11)14(18)6-8-21-13-4-2-3-12(16)9-13/h2-4,9,11H,5-8,10H2,1H3. The molecule has 1 aromatic carbocycles. The number of benzene rings is 1. The molecule has 0 N–H and O–H groups in total. The lowest BCUT2D eigenvalue weighted by Crippen LogP contribution is -2.31. The lowest BCUT2D eigenvalue weighted by Gasteiger charge is -2.16. The summed E-state index contributed by atoms with van der Waals surface area (Å²) in [6.45, 7) is 1.38. The summed E-state index contributed by atoms with van der Waals surface area (Å²) in [6, 6.07) is 7.49. The van der Waals surface area contributed by atoms with Crippen molar-refractivity contribution in [2.24, 2.45) is 5.92 Å². The van der Waals surface area contributed by atoms with Crippen LogP contribution in [0.4, 0.5) is 0 Å². The quantitative estimate of drug-likeness (QED) is 0.760. The first-order chi connectivity index (χ1) is 10.1. The van der Waals surface area contributed by atoms with E-state index in [1.165, 1.54) is 7.11 Å². The van der Waals surface area contributed by atoms with Crippen molar-refractivity contribution in [3.63, 3.8) is 0 Å². The predicted octanol–water partition coefficient (Wildman–Crippen LogP) is 2.24. The first-order valence-corrected chi connectivity index (χ1v) is 7.63. The third-order valence-electron chi connectivity index (χ3n) is 3.46. The highest BCUT2D eigenvalue weighted by molar-refractivity contribution is 9.10. The third-order valence-corrected chi connectivity index (χ3v) is 3.95. The minimum atomic E-state index is -0.240. The van der Waals surface area contributed by atoms with Crippen LogP contribution in [0.3, 0.4) is 0 Å². The molecule has 1 aliphatic rings. The Kier molecular flexibility index (Phi) is 5.61. The Hall–Kier alpha value is -1.56. The Balaban J connectivity index is 1.74. The Bertz CT molecular complexity index is 520. The fraction of sp³-hybridized carbons (Fsp3) is 0.467. The van der Waals surface area contributed by atoms with Crippen molar-refractivity contribution < 1.29 is 19.1 Å². The van der Waals surface area contributed by atoms with Crippen molar-refractivity contribution in [2.45, 2.75) is 12.8 Å². The van der Waals surface area contributed by atoms with Gasteiger partial charge in [-0.15, -0.1) is 0 Å². The number of hydrogen-bond acceptors (Lipinski definition) is 4. The minimum absolute atomic E-state index is 0.0106. The van der Waals surface area contributed by atoms with Crippen LogP contribution in [0.15, 0.2) is 28.7 Å². The highest BCUT2D eigenvalue weighted by Gasteiger charge is 2.31. The van der Waals surface area contributed by atoms with E-state index < -0.39 is 0 Å². The minimum Gasteiger partial charge on any atom is -0.493 e. The van der Waals surface area contributed by atoms with E-state index in [2.05, 4.69) is 15.9 Å². The lowest BCUT2D eigenvalue weighted by atomic mass is 10.1. The first kappa shape index (κ1) is 15.8. The summed E-state index contributed by atoms with van der Waals surface area (Å²) in [4.78, 5) is 25.2. The summed E-state index contributed by atoms with van der Waals surface area (Å²) in [7, 11) is 1.37. The Morgan fingerprint density at radius 2 is 2.24 bits per heavy atom. The van der Waals surface area contributed by atoms with E-state index in [-0.39, 0.29) is 17.8 Å². The SMILES string of the molecule is COC(=O)C1CCN(C(=O)CCOc2cccc(Br)c2)C1. The normalized spacial score (nSPS) is 17.6. The van der Waals surface area contributed by atoms with Crippen molar-refractivity contribution in [2.75, 3.05) is 26.8 Å². The summed E-state index contributed by atoms with van der Waals surface area (Å²) in [6.07, 6.45) is 0.977. The molecule has 6 heteroatoms. The summed E-state index contributed by atoms with van der Waals surface area (Å²) >= 11 is 3.36. The number of rotatable bonds is 5. The van der Waals surface area contributed by atoms with Crippen molar-refractivity contribution >= 4 is 27.8 Å². The number of amides is 1. The maximum atomic E-state index is 12.0. The van der Waals surface area contributed by atoms with Gasteiger partial charge in [-0.3, -0.25) is 9.59 Å². The highest BCUT2D eigenvalue weighted by Crippen LogP contribution is 2.20. The van der Waals surface area contributed by atoms with Gasteiger partial charge < -0.3 is 14.4 Å². The van der Waals surface area contributed by atoms with Crippen LogP contribution < -0.4 is 4.74 Å². The molecule has 1 aliphatic heterocycles. The molecule has 1 unspecified atom stereocenters. The second kappa shape index (κ2) is 7.45. The maximum absolute atomic E-state index is 12.0. The van der Waals surface area contributed by atoms with E-state index >= 15 is 0 Å². The number of carbonyl (C=O) groups excluding carboxylic acids is 2. The molecule has 0 saturated carbocycles. The molecular formula is C15H18BrNO4. The fourth-order valence-electron chi connectivity index (χ4n) is 2.32. The predicted molar refractivity (Wildman–Crippen MR) is 81.0 cm³/mol. The summed E-state index contributed by atoms with van der Waals surface area (Å²) in [5.74, 6) is 0.308. The molecule has 0 bridgehead atoms. The molecule has 1 heterocycles. The summed E-state index contributed by atoms with van der Waals surface area (Å²) in [5.41, 5.74) is 0. The molecule has 0 aliphatic carbocycles. The van der Waals surface area contributed by atoms with E-state index in [0.717, 1.165) is 10.2 Å². The van der Waals surface area contributed by atoms with Crippen LogP contribution in [0.25, 0.3) is 0 Å². The Morgan fingerprint density at radius 1 is 1.43 bits per heavy atom. The molecule has 0 radical (unpaired) electrons. The third kappa shape index (κ3) is 4.46. The van der Waals surface area contributed by atoms with Crippen LogP contribution in [-0.4, -0.2) is 43.6 Å². The van der Waals surface area contributed by atoms with E-state index in [9.17, 15) is 9.59 Å². The van der Waals surface area contributed by atoms with Gasteiger partial charge in [0.1, 0.15) is 5.75 Å². The molecule has 1 fully saturated rings. The van der Waals surface area contributed by atoms with E-state index in [1.807, 2.05) is 24.3 Å². The number of carbonyl (C=O) groups is 2. The van der Waals surface area contributed by atoms with Crippen molar-refractivity contribution in [3.05, 3.63) is 28.7 Å². The highest BCUT2D eigenvalue weighted by atomic mass is 79.9.